The second kappa shape index (κ2) is 11.9. The van der Waals surface area contributed by atoms with Crippen molar-refractivity contribution in [1.29, 1.82) is 0 Å². The molecule has 2 amide bonds. The van der Waals surface area contributed by atoms with Gasteiger partial charge in [0.15, 0.2) is 11.5 Å². The maximum Gasteiger partial charge on any atom is 0.244 e. The minimum atomic E-state index is -3.86. The number of hydrogen-bond donors (Lipinski definition) is 1. The van der Waals surface area contributed by atoms with Gasteiger partial charge in [-0.05, 0) is 64.4 Å². The molecule has 10 nitrogen and oxygen atoms in total. The molecule has 0 unspecified atom stereocenters. The highest BCUT2D eigenvalue weighted by molar-refractivity contribution is 7.92. The smallest absolute Gasteiger partial charge is 0.244 e. The van der Waals surface area contributed by atoms with Crippen LogP contribution in [0, 0.1) is 0 Å². The zero-order valence-corrected chi connectivity index (χ0v) is 23.6. The topological polar surface area (TPSA) is 114 Å². The molecule has 1 atom stereocenters. The van der Waals surface area contributed by atoms with E-state index in [0.29, 0.717) is 30.5 Å². The van der Waals surface area contributed by atoms with Crippen LogP contribution >= 0.6 is 0 Å². The Labute approximate surface area is 224 Å². The Morgan fingerprint density at radius 3 is 2.39 bits per heavy atom. The molecule has 0 saturated heterocycles. The van der Waals surface area contributed by atoms with Crippen molar-refractivity contribution < 1.29 is 32.2 Å². The summed E-state index contributed by atoms with van der Waals surface area (Å²) in [6.45, 7) is 9.01. The zero-order chi connectivity index (χ0) is 28.1. The van der Waals surface area contributed by atoms with E-state index in [9.17, 15) is 18.0 Å². The van der Waals surface area contributed by atoms with Crippen LogP contribution in [0.4, 0.5) is 5.69 Å². The average Bonchev–Trinajstić information content (AvgIpc) is 2.88. The van der Waals surface area contributed by atoms with Crippen molar-refractivity contribution in [3.63, 3.8) is 0 Å². The van der Waals surface area contributed by atoms with Crippen LogP contribution in [-0.4, -0.2) is 69.3 Å². The maximum atomic E-state index is 13.8. The van der Waals surface area contributed by atoms with Gasteiger partial charge in [-0.15, -0.1) is 0 Å². The molecule has 0 aromatic heterocycles. The Bertz CT molecular complexity index is 1260. The summed E-state index contributed by atoms with van der Waals surface area (Å²) in [6.07, 6.45) is 0. The van der Waals surface area contributed by atoms with Gasteiger partial charge < -0.3 is 24.4 Å². The number of nitrogens with one attached hydrogen (secondary N) is 1. The van der Waals surface area contributed by atoms with Crippen molar-refractivity contribution in [3.8, 4) is 17.2 Å². The van der Waals surface area contributed by atoms with E-state index in [1.54, 1.807) is 50.4 Å². The van der Waals surface area contributed by atoms with Gasteiger partial charge in [-0.25, -0.2) is 8.42 Å². The number of rotatable bonds is 10. The first kappa shape index (κ1) is 29.1. The summed E-state index contributed by atoms with van der Waals surface area (Å²) in [7, 11) is -2.31. The number of amides is 2. The van der Waals surface area contributed by atoms with Crippen molar-refractivity contribution in [3.05, 3.63) is 48.0 Å². The SMILES string of the molecule is CCS(=O)(=O)N(CC(=O)N(Cc1cccc(OC)c1)[C@@H](C)C(=O)NC(C)(C)C)c1ccc2c(c1)OCCO2. The standard InChI is InChI=1S/C27H37N3O7S/c1-7-38(33,34)30(21-11-12-23-24(16-21)37-14-13-36-23)18-25(31)29(19(2)26(32)28-27(3,4)5)17-20-9-8-10-22(15-20)35-6/h8-12,15-16,19H,7,13-14,17-18H2,1-6H3,(H,28,32)/t19-/m0/s1. The molecule has 3 rings (SSSR count). The lowest BCUT2D eigenvalue weighted by Crippen LogP contribution is -2.54. The van der Waals surface area contributed by atoms with E-state index < -0.39 is 34.1 Å². The Hall–Kier alpha value is -3.47. The third-order valence-corrected chi connectivity index (χ3v) is 7.69. The normalized spacial score (nSPS) is 13.8. The molecule has 1 heterocycles. The largest absolute Gasteiger partial charge is 0.497 e. The summed E-state index contributed by atoms with van der Waals surface area (Å²) in [5.41, 5.74) is 0.494. The number of hydrogen-bond acceptors (Lipinski definition) is 7. The fourth-order valence-electron chi connectivity index (χ4n) is 3.93. The van der Waals surface area contributed by atoms with E-state index in [4.69, 9.17) is 14.2 Å². The Morgan fingerprint density at radius 1 is 1.08 bits per heavy atom. The predicted molar refractivity (Wildman–Crippen MR) is 145 cm³/mol. The van der Waals surface area contributed by atoms with E-state index in [2.05, 4.69) is 5.32 Å². The van der Waals surface area contributed by atoms with Crippen LogP contribution in [0.15, 0.2) is 42.5 Å². The van der Waals surface area contributed by atoms with E-state index >= 15 is 0 Å². The molecule has 38 heavy (non-hydrogen) atoms. The van der Waals surface area contributed by atoms with E-state index in [0.717, 1.165) is 9.87 Å². The number of methoxy groups -OCH3 is 1. The van der Waals surface area contributed by atoms with E-state index in [-0.39, 0.29) is 23.9 Å². The van der Waals surface area contributed by atoms with Gasteiger partial charge in [-0.2, -0.15) is 0 Å². The quantitative estimate of drug-likeness (QED) is 0.486. The number of ether oxygens (including phenoxy) is 3. The summed E-state index contributed by atoms with van der Waals surface area (Å²) in [6, 6.07) is 11.0. The molecule has 1 aliphatic heterocycles. The Morgan fingerprint density at radius 2 is 1.76 bits per heavy atom. The molecule has 1 N–H and O–H groups in total. The summed E-state index contributed by atoms with van der Waals surface area (Å²) in [5.74, 6) is 0.420. The average molecular weight is 548 g/mol. The van der Waals surface area contributed by atoms with Crippen molar-refractivity contribution in [2.45, 2.75) is 52.7 Å². The predicted octanol–water partition coefficient (Wildman–Crippen LogP) is 2.95. The van der Waals surface area contributed by atoms with Crippen LogP contribution in [0.5, 0.6) is 17.2 Å². The van der Waals surface area contributed by atoms with Gasteiger partial charge >= 0.3 is 0 Å². The van der Waals surface area contributed by atoms with Crippen molar-refractivity contribution >= 4 is 27.5 Å². The lowest BCUT2D eigenvalue weighted by Gasteiger charge is -2.33. The number of anilines is 1. The lowest BCUT2D eigenvalue weighted by molar-refractivity contribution is -0.140. The molecule has 1 aliphatic rings. The first-order chi connectivity index (χ1) is 17.8. The van der Waals surface area contributed by atoms with E-state index in [1.165, 1.54) is 11.8 Å². The van der Waals surface area contributed by atoms with Crippen LogP contribution in [0.2, 0.25) is 0 Å². The summed E-state index contributed by atoms with van der Waals surface area (Å²) < 4.78 is 43.8. The van der Waals surface area contributed by atoms with Gasteiger partial charge in [0.05, 0.1) is 18.6 Å². The summed E-state index contributed by atoms with van der Waals surface area (Å²) in [5, 5.41) is 2.90. The van der Waals surface area contributed by atoms with E-state index in [1.807, 2.05) is 26.8 Å². The number of fused-ring (bicyclic) bond motifs is 1. The molecule has 208 valence electrons. The number of carbonyl (C=O) groups is 2. The van der Waals surface area contributed by atoms with Gasteiger partial charge in [0, 0.05) is 18.2 Å². The van der Waals surface area contributed by atoms with Crippen molar-refractivity contribution in [1.82, 2.24) is 10.2 Å². The molecule has 0 aliphatic carbocycles. The Kier molecular flexibility index (Phi) is 9.14. The zero-order valence-electron chi connectivity index (χ0n) is 22.8. The number of benzene rings is 2. The molecule has 2 aromatic rings. The molecule has 2 aromatic carbocycles. The first-order valence-electron chi connectivity index (χ1n) is 12.5. The van der Waals surface area contributed by atoms with Crippen LogP contribution in [0.1, 0.15) is 40.2 Å². The molecular weight excluding hydrogens is 510 g/mol. The van der Waals surface area contributed by atoms with Crippen molar-refractivity contribution in [2.24, 2.45) is 0 Å². The molecule has 0 spiro atoms. The van der Waals surface area contributed by atoms with Crippen LogP contribution in [0.25, 0.3) is 0 Å². The minimum Gasteiger partial charge on any atom is -0.497 e. The third kappa shape index (κ3) is 7.31. The molecule has 0 saturated carbocycles. The second-order valence-electron chi connectivity index (χ2n) is 10.0. The monoisotopic (exact) mass is 547 g/mol. The highest BCUT2D eigenvalue weighted by atomic mass is 32.2. The maximum absolute atomic E-state index is 13.8. The van der Waals surface area contributed by atoms with Crippen LogP contribution < -0.4 is 23.8 Å². The molecule has 11 heteroatoms. The minimum absolute atomic E-state index is 0.0793. The lowest BCUT2D eigenvalue weighted by atomic mass is 10.1. The second-order valence-corrected chi connectivity index (χ2v) is 12.2. The number of nitrogens with zero attached hydrogens (tertiary/aromatic N) is 2. The highest BCUT2D eigenvalue weighted by Gasteiger charge is 2.32. The van der Waals surface area contributed by atoms with Crippen molar-refractivity contribution in [2.75, 3.05) is 36.9 Å². The van der Waals surface area contributed by atoms with Gasteiger partial charge in [-0.3, -0.25) is 13.9 Å². The van der Waals surface area contributed by atoms with Gasteiger partial charge in [0.25, 0.3) is 0 Å². The summed E-state index contributed by atoms with van der Waals surface area (Å²) in [4.78, 5) is 28.3. The van der Waals surface area contributed by atoms with Crippen LogP contribution in [0.3, 0.4) is 0 Å². The number of sulfonamides is 1. The summed E-state index contributed by atoms with van der Waals surface area (Å²) >= 11 is 0. The molecule has 0 bridgehead atoms. The molecule has 0 radical (unpaired) electrons. The van der Waals surface area contributed by atoms with Crippen LogP contribution in [-0.2, 0) is 26.2 Å². The molecule has 0 fully saturated rings. The Balaban J connectivity index is 1.97. The number of carbonyl (C=O) groups excluding carboxylic acids is 2. The van der Waals surface area contributed by atoms with Gasteiger partial charge in [0.1, 0.15) is 31.5 Å². The fourth-order valence-corrected chi connectivity index (χ4v) is 4.98. The van der Waals surface area contributed by atoms with Gasteiger partial charge in [-0.1, -0.05) is 12.1 Å². The molecular formula is C27H37N3O7S. The highest BCUT2D eigenvalue weighted by Crippen LogP contribution is 2.35. The third-order valence-electron chi connectivity index (χ3n) is 5.95. The first-order valence-corrected chi connectivity index (χ1v) is 14.1. The van der Waals surface area contributed by atoms with Gasteiger partial charge in [0.2, 0.25) is 21.8 Å². The fraction of sp³-hybridized carbons (Fsp3) is 0.481.